The zero-order valence-electron chi connectivity index (χ0n) is 12.1. The van der Waals surface area contributed by atoms with Crippen LogP contribution >= 0.6 is 0 Å². The van der Waals surface area contributed by atoms with Crippen molar-refractivity contribution in [2.75, 3.05) is 11.4 Å². The van der Waals surface area contributed by atoms with Gasteiger partial charge in [0, 0.05) is 19.1 Å². The third-order valence-electron chi connectivity index (χ3n) is 3.59. The minimum Gasteiger partial charge on any atom is -0.323 e. The zero-order chi connectivity index (χ0) is 14.7. The molecule has 1 aliphatic rings. The van der Waals surface area contributed by atoms with Crippen molar-refractivity contribution in [2.45, 2.75) is 32.4 Å². The van der Waals surface area contributed by atoms with Crippen LogP contribution < -0.4 is 10.2 Å². The number of hydrogen-bond donors (Lipinski definition) is 1. The van der Waals surface area contributed by atoms with Gasteiger partial charge in [-0.15, -0.1) is 5.10 Å². The van der Waals surface area contributed by atoms with E-state index in [1.54, 1.807) is 12.1 Å². The van der Waals surface area contributed by atoms with Crippen LogP contribution in [0.3, 0.4) is 0 Å². The summed E-state index contributed by atoms with van der Waals surface area (Å²) < 4.78 is 13.9. The Labute approximate surface area is 124 Å². The highest BCUT2D eigenvalue weighted by atomic mass is 19.1. The van der Waals surface area contributed by atoms with Crippen LogP contribution in [0, 0.1) is 5.82 Å². The van der Waals surface area contributed by atoms with Crippen LogP contribution in [0.5, 0.6) is 0 Å². The van der Waals surface area contributed by atoms with E-state index in [2.05, 4.69) is 15.5 Å². The van der Waals surface area contributed by atoms with E-state index in [-0.39, 0.29) is 5.82 Å². The van der Waals surface area contributed by atoms with Crippen molar-refractivity contribution in [1.82, 2.24) is 15.5 Å². The second-order valence-electron chi connectivity index (χ2n) is 5.23. The van der Waals surface area contributed by atoms with Gasteiger partial charge in [0.05, 0.1) is 11.4 Å². The molecule has 1 heterocycles. The average Bonchev–Trinajstić information content (AvgIpc) is 3.33. The van der Waals surface area contributed by atoms with E-state index in [1.165, 1.54) is 18.9 Å². The first kappa shape index (κ1) is 13.9. The number of anilines is 2. The van der Waals surface area contributed by atoms with Crippen molar-refractivity contribution < 1.29 is 4.39 Å². The maximum Gasteiger partial charge on any atom is 0.155 e. The van der Waals surface area contributed by atoms with E-state index in [1.807, 2.05) is 30.0 Å². The molecule has 0 atom stereocenters. The third-order valence-corrected chi connectivity index (χ3v) is 3.59. The van der Waals surface area contributed by atoms with Crippen LogP contribution in [0.4, 0.5) is 15.9 Å². The number of nitrogens with zero attached hydrogens (tertiary/aromatic N) is 3. The highest BCUT2D eigenvalue weighted by Gasteiger charge is 2.20. The summed E-state index contributed by atoms with van der Waals surface area (Å²) in [5.41, 5.74) is 1.44. The van der Waals surface area contributed by atoms with Gasteiger partial charge in [-0.25, -0.2) is 4.39 Å². The van der Waals surface area contributed by atoms with Crippen LogP contribution in [0.1, 0.15) is 25.5 Å². The molecule has 3 rings (SSSR count). The smallest absolute Gasteiger partial charge is 0.155 e. The lowest BCUT2D eigenvalue weighted by atomic mass is 10.2. The maximum absolute atomic E-state index is 13.9. The van der Waals surface area contributed by atoms with Gasteiger partial charge >= 0.3 is 0 Å². The molecule has 0 amide bonds. The van der Waals surface area contributed by atoms with E-state index in [0.717, 1.165) is 12.2 Å². The lowest BCUT2D eigenvalue weighted by Crippen LogP contribution is -2.20. The predicted molar refractivity (Wildman–Crippen MR) is 81.0 cm³/mol. The van der Waals surface area contributed by atoms with Crippen molar-refractivity contribution in [3.05, 3.63) is 47.9 Å². The Bertz CT molecular complexity index is 595. The van der Waals surface area contributed by atoms with Crippen molar-refractivity contribution in [3.8, 4) is 0 Å². The first-order valence-electron chi connectivity index (χ1n) is 7.36. The molecule has 1 aromatic heterocycles. The van der Waals surface area contributed by atoms with Gasteiger partial charge in [0.2, 0.25) is 0 Å². The Morgan fingerprint density at radius 2 is 2.00 bits per heavy atom. The number of para-hydroxylation sites is 1. The van der Waals surface area contributed by atoms with E-state index in [4.69, 9.17) is 0 Å². The second-order valence-corrected chi connectivity index (χ2v) is 5.23. The van der Waals surface area contributed by atoms with Crippen LogP contribution in [-0.4, -0.2) is 22.8 Å². The SMILES string of the molecule is CCN(c1ccc(CNC2CC2)nn1)c1ccccc1F. The van der Waals surface area contributed by atoms with Crippen LogP contribution in [0.15, 0.2) is 36.4 Å². The standard InChI is InChI=1S/C16H19FN4/c1-2-21(15-6-4-3-5-14(15)17)16-10-9-13(19-20-16)11-18-12-7-8-12/h3-6,9-10,12,18H,2,7-8,11H2,1H3. The largest absolute Gasteiger partial charge is 0.323 e. The number of rotatable bonds is 6. The Kier molecular flexibility index (Phi) is 4.10. The monoisotopic (exact) mass is 286 g/mol. The Morgan fingerprint density at radius 3 is 2.62 bits per heavy atom. The van der Waals surface area contributed by atoms with Gasteiger partial charge < -0.3 is 10.2 Å². The summed E-state index contributed by atoms with van der Waals surface area (Å²) in [5.74, 6) is 0.415. The molecular weight excluding hydrogens is 267 g/mol. The number of hydrogen-bond acceptors (Lipinski definition) is 4. The molecule has 2 aromatic rings. The number of nitrogens with one attached hydrogen (secondary N) is 1. The van der Waals surface area contributed by atoms with Crippen molar-refractivity contribution in [3.63, 3.8) is 0 Å². The summed E-state index contributed by atoms with van der Waals surface area (Å²) in [5, 5.41) is 11.9. The number of halogens is 1. The summed E-state index contributed by atoms with van der Waals surface area (Å²) in [6, 6.07) is 11.2. The molecule has 1 fully saturated rings. The fourth-order valence-corrected chi connectivity index (χ4v) is 2.25. The Balaban J connectivity index is 1.75. The van der Waals surface area contributed by atoms with Gasteiger partial charge in [0.1, 0.15) is 5.82 Å². The summed E-state index contributed by atoms with van der Waals surface area (Å²) in [6.45, 7) is 3.34. The molecule has 0 spiro atoms. The Hall–Kier alpha value is -2.01. The summed E-state index contributed by atoms with van der Waals surface area (Å²) in [6.07, 6.45) is 2.50. The minimum atomic E-state index is -0.249. The molecule has 0 radical (unpaired) electrons. The van der Waals surface area contributed by atoms with Crippen LogP contribution in [0.2, 0.25) is 0 Å². The summed E-state index contributed by atoms with van der Waals surface area (Å²) in [4.78, 5) is 1.82. The van der Waals surface area contributed by atoms with Gasteiger partial charge in [-0.3, -0.25) is 0 Å². The first-order chi connectivity index (χ1) is 10.3. The lowest BCUT2D eigenvalue weighted by molar-refractivity contribution is 0.624. The Morgan fingerprint density at radius 1 is 1.19 bits per heavy atom. The van der Waals surface area contributed by atoms with Gasteiger partial charge in [-0.05, 0) is 44.0 Å². The van der Waals surface area contributed by atoms with Gasteiger partial charge in [0.15, 0.2) is 5.82 Å². The fourth-order valence-electron chi connectivity index (χ4n) is 2.25. The molecule has 110 valence electrons. The molecule has 0 bridgehead atoms. The molecule has 1 saturated carbocycles. The first-order valence-corrected chi connectivity index (χ1v) is 7.36. The summed E-state index contributed by atoms with van der Waals surface area (Å²) >= 11 is 0. The molecule has 1 aromatic carbocycles. The lowest BCUT2D eigenvalue weighted by Gasteiger charge is -2.22. The highest BCUT2D eigenvalue weighted by Crippen LogP contribution is 2.25. The van der Waals surface area contributed by atoms with E-state index in [9.17, 15) is 4.39 Å². The highest BCUT2D eigenvalue weighted by molar-refractivity contribution is 5.59. The topological polar surface area (TPSA) is 41.0 Å². The quantitative estimate of drug-likeness (QED) is 0.886. The third kappa shape index (κ3) is 3.36. The van der Waals surface area contributed by atoms with E-state index >= 15 is 0 Å². The molecule has 4 nitrogen and oxygen atoms in total. The number of benzene rings is 1. The normalized spacial score (nSPS) is 14.2. The molecule has 0 saturated heterocycles. The van der Waals surface area contributed by atoms with Gasteiger partial charge in [0.25, 0.3) is 0 Å². The zero-order valence-corrected chi connectivity index (χ0v) is 12.1. The average molecular weight is 286 g/mol. The molecule has 21 heavy (non-hydrogen) atoms. The maximum atomic E-state index is 13.9. The molecule has 0 aliphatic heterocycles. The van der Waals surface area contributed by atoms with Crippen molar-refractivity contribution in [2.24, 2.45) is 0 Å². The minimum absolute atomic E-state index is 0.249. The fraction of sp³-hybridized carbons (Fsp3) is 0.375. The number of aromatic nitrogens is 2. The molecule has 0 unspecified atom stereocenters. The van der Waals surface area contributed by atoms with Gasteiger partial charge in [-0.2, -0.15) is 5.10 Å². The van der Waals surface area contributed by atoms with E-state index < -0.39 is 0 Å². The molecule has 1 aliphatic carbocycles. The van der Waals surface area contributed by atoms with Crippen LogP contribution in [0.25, 0.3) is 0 Å². The van der Waals surface area contributed by atoms with Crippen molar-refractivity contribution >= 4 is 11.5 Å². The second kappa shape index (κ2) is 6.18. The van der Waals surface area contributed by atoms with Gasteiger partial charge in [-0.1, -0.05) is 12.1 Å². The summed E-state index contributed by atoms with van der Waals surface area (Å²) in [7, 11) is 0. The molecular formula is C16H19FN4. The van der Waals surface area contributed by atoms with E-state index in [0.29, 0.717) is 24.1 Å². The molecule has 5 heteroatoms. The van der Waals surface area contributed by atoms with Crippen LogP contribution in [-0.2, 0) is 6.54 Å². The molecule has 1 N–H and O–H groups in total. The van der Waals surface area contributed by atoms with Crippen molar-refractivity contribution in [1.29, 1.82) is 0 Å². The predicted octanol–water partition coefficient (Wildman–Crippen LogP) is 3.03.